The molecule has 0 fully saturated rings. The zero-order valence-electron chi connectivity index (χ0n) is 7.53. The van der Waals surface area contributed by atoms with Crippen molar-refractivity contribution in [3.05, 3.63) is 29.3 Å². The highest BCUT2D eigenvalue weighted by Crippen LogP contribution is 2.16. The van der Waals surface area contributed by atoms with Crippen LogP contribution in [0.5, 0.6) is 0 Å². The fraction of sp³-hybridized carbons (Fsp3) is 0.111. The predicted octanol–water partition coefficient (Wildman–Crippen LogP) is 0.0140. The third-order valence-corrected chi connectivity index (χ3v) is 1.83. The molecule has 0 atom stereocenters. The van der Waals surface area contributed by atoms with Crippen LogP contribution in [0.3, 0.4) is 0 Å². The zero-order chi connectivity index (χ0) is 10.7. The highest BCUT2D eigenvalue weighted by Gasteiger charge is 2.01. The molecule has 14 heavy (non-hydrogen) atoms. The van der Waals surface area contributed by atoms with Crippen molar-refractivity contribution in [3.63, 3.8) is 0 Å². The van der Waals surface area contributed by atoms with Crippen LogP contribution >= 0.6 is 12.2 Å². The van der Waals surface area contributed by atoms with E-state index in [9.17, 15) is 9.90 Å². The molecule has 0 saturated carbocycles. The van der Waals surface area contributed by atoms with Crippen molar-refractivity contribution in [2.75, 3.05) is 5.32 Å². The molecule has 0 radical (unpaired) electrons. The van der Waals surface area contributed by atoms with Crippen LogP contribution in [-0.2, 0) is 0 Å². The number of carboxylic acid groups (broad SMARTS) is 1. The SMILES string of the molecule is Cc1ccc(C(=O)[O-])cc1NC(N)=S. The molecule has 3 N–H and O–H groups in total. The van der Waals surface area contributed by atoms with Crippen LogP contribution in [0, 0.1) is 6.92 Å². The summed E-state index contributed by atoms with van der Waals surface area (Å²) in [6.45, 7) is 1.82. The number of thiocarbonyl (C=S) groups is 1. The number of carbonyl (C=O) groups excluding carboxylic acids is 1. The molecule has 1 rings (SSSR count). The van der Waals surface area contributed by atoms with Crippen LogP contribution in [0.1, 0.15) is 15.9 Å². The molecule has 0 amide bonds. The van der Waals surface area contributed by atoms with Crippen molar-refractivity contribution in [1.29, 1.82) is 0 Å². The standard InChI is InChI=1S/C9H10N2O2S/c1-5-2-3-6(8(12)13)4-7(5)11-9(10)14/h2-4H,1H3,(H,12,13)(H3,10,11,14)/p-1. The van der Waals surface area contributed by atoms with Gasteiger partial charge in [-0.3, -0.25) is 0 Å². The number of rotatable bonds is 2. The van der Waals surface area contributed by atoms with Gasteiger partial charge in [-0.15, -0.1) is 0 Å². The highest BCUT2D eigenvalue weighted by atomic mass is 32.1. The number of hydrogen-bond donors (Lipinski definition) is 2. The van der Waals surface area contributed by atoms with Crippen molar-refractivity contribution in [3.8, 4) is 0 Å². The summed E-state index contributed by atoms with van der Waals surface area (Å²) in [5.41, 5.74) is 6.82. The summed E-state index contributed by atoms with van der Waals surface area (Å²) in [6.07, 6.45) is 0. The minimum absolute atomic E-state index is 0.0920. The van der Waals surface area contributed by atoms with Crippen LogP contribution in [0.15, 0.2) is 18.2 Å². The summed E-state index contributed by atoms with van der Waals surface area (Å²) in [4.78, 5) is 10.5. The van der Waals surface area contributed by atoms with Gasteiger partial charge in [0.05, 0.1) is 5.97 Å². The Morgan fingerprint density at radius 3 is 2.71 bits per heavy atom. The molecule has 5 heteroatoms. The molecule has 0 spiro atoms. The third kappa shape index (κ3) is 2.43. The van der Waals surface area contributed by atoms with E-state index in [0.29, 0.717) is 5.69 Å². The Hall–Kier alpha value is -1.62. The number of carboxylic acids is 1. The van der Waals surface area contributed by atoms with Gasteiger partial charge in [0.2, 0.25) is 0 Å². The van der Waals surface area contributed by atoms with Gasteiger partial charge in [0.1, 0.15) is 0 Å². The van der Waals surface area contributed by atoms with Gasteiger partial charge in [-0.05, 0) is 36.3 Å². The molecule has 74 valence electrons. The summed E-state index contributed by atoms with van der Waals surface area (Å²) in [7, 11) is 0. The molecule has 0 aliphatic heterocycles. The first-order valence-corrected chi connectivity index (χ1v) is 4.30. The van der Waals surface area contributed by atoms with E-state index in [4.69, 9.17) is 5.73 Å². The monoisotopic (exact) mass is 209 g/mol. The molecule has 0 bridgehead atoms. The smallest absolute Gasteiger partial charge is 0.168 e. The average molecular weight is 209 g/mol. The second-order valence-electron chi connectivity index (χ2n) is 2.81. The molecule has 0 saturated heterocycles. The summed E-state index contributed by atoms with van der Waals surface area (Å²) in [6, 6.07) is 4.56. The number of aryl methyl sites for hydroxylation is 1. The molecule has 0 aliphatic rings. The minimum Gasteiger partial charge on any atom is -0.545 e. The first-order chi connectivity index (χ1) is 6.50. The lowest BCUT2D eigenvalue weighted by Gasteiger charge is -2.10. The second-order valence-corrected chi connectivity index (χ2v) is 3.25. The van der Waals surface area contributed by atoms with Crippen molar-refractivity contribution in [2.45, 2.75) is 6.92 Å². The van der Waals surface area contributed by atoms with Crippen LogP contribution < -0.4 is 16.2 Å². The Morgan fingerprint density at radius 2 is 2.21 bits per heavy atom. The van der Waals surface area contributed by atoms with E-state index in [1.807, 2.05) is 6.92 Å². The van der Waals surface area contributed by atoms with E-state index in [2.05, 4.69) is 17.5 Å². The average Bonchev–Trinajstić information content (AvgIpc) is 2.07. The second kappa shape index (κ2) is 4.06. The maximum Gasteiger partial charge on any atom is 0.168 e. The van der Waals surface area contributed by atoms with E-state index >= 15 is 0 Å². The number of anilines is 1. The van der Waals surface area contributed by atoms with Crippen molar-refractivity contribution in [2.24, 2.45) is 5.73 Å². The lowest BCUT2D eigenvalue weighted by Crippen LogP contribution is -2.23. The molecular formula is C9H9N2O2S-. The van der Waals surface area contributed by atoms with Crippen LogP contribution in [0.4, 0.5) is 5.69 Å². The van der Waals surface area contributed by atoms with Gasteiger partial charge in [-0.25, -0.2) is 0 Å². The van der Waals surface area contributed by atoms with E-state index in [1.165, 1.54) is 12.1 Å². The molecule has 1 aromatic carbocycles. The molecular weight excluding hydrogens is 200 g/mol. The normalized spacial score (nSPS) is 9.50. The predicted molar refractivity (Wildman–Crippen MR) is 55.9 cm³/mol. The van der Waals surface area contributed by atoms with E-state index in [-0.39, 0.29) is 10.7 Å². The Bertz CT molecular complexity index is 390. The quantitative estimate of drug-likeness (QED) is 0.671. The third-order valence-electron chi connectivity index (χ3n) is 1.73. The Balaban J connectivity index is 3.08. The van der Waals surface area contributed by atoms with Gasteiger partial charge in [-0.2, -0.15) is 0 Å². The zero-order valence-corrected chi connectivity index (χ0v) is 8.35. The number of hydrogen-bond acceptors (Lipinski definition) is 3. The topological polar surface area (TPSA) is 78.2 Å². The summed E-state index contributed by atoms with van der Waals surface area (Å²) >= 11 is 4.65. The number of nitrogens with two attached hydrogens (primary N) is 1. The fourth-order valence-electron chi connectivity index (χ4n) is 1.02. The van der Waals surface area contributed by atoms with Gasteiger partial charge in [0, 0.05) is 5.69 Å². The highest BCUT2D eigenvalue weighted by molar-refractivity contribution is 7.80. The van der Waals surface area contributed by atoms with Gasteiger partial charge >= 0.3 is 0 Å². The number of benzene rings is 1. The fourth-order valence-corrected chi connectivity index (χ4v) is 1.13. The van der Waals surface area contributed by atoms with Gasteiger partial charge in [-0.1, -0.05) is 12.1 Å². The van der Waals surface area contributed by atoms with E-state index in [0.717, 1.165) is 5.56 Å². The summed E-state index contributed by atoms with van der Waals surface area (Å²) in [5, 5.41) is 13.3. The number of nitrogens with one attached hydrogen (secondary N) is 1. The molecule has 0 aromatic heterocycles. The first-order valence-electron chi connectivity index (χ1n) is 3.89. The lowest BCUT2D eigenvalue weighted by atomic mass is 10.1. The molecule has 0 heterocycles. The Morgan fingerprint density at radius 1 is 1.57 bits per heavy atom. The minimum atomic E-state index is -1.23. The summed E-state index contributed by atoms with van der Waals surface area (Å²) < 4.78 is 0. The van der Waals surface area contributed by atoms with Crippen LogP contribution in [0.25, 0.3) is 0 Å². The Labute approximate surface area is 86.7 Å². The first kappa shape index (κ1) is 10.5. The van der Waals surface area contributed by atoms with Crippen molar-refractivity contribution >= 4 is 29.0 Å². The largest absolute Gasteiger partial charge is 0.545 e. The summed E-state index contributed by atoms with van der Waals surface area (Å²) in [5.74, 6) is -1.23. The van der Waals surface area contributed by atoms with E-state index < -0.39 is 5.97 Å². The van der Waals surface area contributed by atoms with Gasteiger partial charge in [0.15, 0.2) is 5.11 Å². The molecule has 1 aromatic rings. The maximum atomic E-state index is 10.5. The Kier molecular flexibility index (Phi) is 3.03. The lowest BCUT2D eigenvalue weighted by molar-refractivity contribution is -0.255. The van der Waals surface area contributed by atoms with Crippen molar-refractivity contribution in [1.82, 2.24) is 0 Å². The van der Waals surface area contributed by atoms with Crippen LogP contribution in [0.2, 0.25) is 0 Å². The molecule has 0 unspecified atom stereocenters. The molecule has 4 nitrogen and oxygen atoms in total. The van der Waals surface area contributed by atoms with E-state index in [1.54, 1.807) is 6.07 Å². The van der Waals surface area contributed by atoms with Crippen molar-refractivity contribution < 1.29 is 9.90 Å². The molecule has 0 aliphatic carbocycles. The number of carbonyl (C=O) groups is 1. The van der Waals surface area contributed by atoms with Gasteiger partial charge in [0.25, 0.3) is 0 Å². The van der Waals surface area contributed by atoms with Gasteiger partial charge < -0.3 is 21.0 Å². The van der Waals surface area contributed by atoms with Crippen LogP contribution in [-0.4, -0.2) is 11.1 Å². The maximum absolute atomic E-state index is 10.5. The number of aromatic carboxylic acids is 1.